The Hall–Kier alpha value is -1.36. The highest BCUT2D eigenvalue weighted by molar-refractivity contribution is 7.85. The molecule has 0 heterocycles. The molecule has 0 saturated heterocycles. The van der Waals surface area contributed by atoms with Gasteiger partial charge in [0.2, 0.25) is 0 Å². The van der Waals surface area contributed by atoms with Crippen molar-refractivity contribution < 1.29 is 4.21 Å². The van der Waals surface area contributed by atoms with E-state index in [4.69, 9.17) is 0 Å². The predicted molar refractivity (Wildman–Crippen MR) is 77.4 cm³/mol. The van der Waals surface area contributed by atoms with Gasteiger partial charge in [0.05, 0.1) is 17.3 Å². The van der Waals surface area contributed by atoms with Crippen molar-refractivity contribution >= 4 is 16.8 Å². The van der Waals surface area contributed by atoms with E-state index in [9.17, 15) is 4.21 Å². The fourth-order valence-electron chi connectivity index (χ4n) is 1.60. The molecule has 1 aromatic rings. The van der Waals surface area contributed by atoms with E-state index in [1.54, 1.807) is 0 Å². The second-order valence-corrected chi connectivity index (χ2v) is 5.90. The number of guanidine groups is 1. The van der Waals surface area contributed by atoms with Crippen molar-refractivity contribution in [1.29, 1.82) is 0 Å². The standard InChI is InChI=1S/C13H21N3OS/c1-15(2)13(16(3)4)14-10-11-18(17)12-8-6-5-7-9-12/h5-9H,10-11H2,1-4H3. The molecular weight excluding hydrogens is 246 g/mol. The lowest BCUT2D eigenvalue weighted by molar-refractivity contribution is 0.480. The minimum atomic E-state index is -0.970. The van der Waals surface area contributed by atoms with Crippen LogP contribution in [0.15, 0.2) is 40.2 Å². The molecule has 1 atom stereocenters. The van der Waals surface area contributed by atoms with Gasteiger partial charge in [0, 0.05) is 38.8 Å². The van der Waals surface area contributed by atoms with Crippen LogP contribution >= 0.6 is 0 Å². The summed E-state index contributed by atoms with van der Waals surface area (Å²) in [6.07, 6.45) is 0. The summed E-state index contributed by atoms with van der Waals surface area (Å²) in [5.74, 6) is 1.44. The fraction of sp³-hybridized carbons (Fsp3) is 0.462. The van der Waals surface area contributed by atoms with Crippen LogP contribution in [-0.2, 0) is 10.8 Å². The normalized spacial score (nSPS) is 11.8. The molecule has 0 bridgehead atoms. The van der Waals surface area contributed by atoms with Crippen LogP contribution in [0, 0.1) is 0 Å². The van der Waals surface area contributed by atoms with Crippen molar-refractivity contribution in [2.75, 3.05) is 40.5 Å². The van der Waals surface area contributed by atoms with Crippen molar-refractivity contribution in [2.24, 2.45) is 4.99 Å². The Bertz CT molecular complexity index is 406. The van der Waals surface area contributed by atoms with Gasteiger partial charge in [-0.1, -0.05) is 18.2 Å². The smallest absolute Gasteiger partial charge is 0.195 e. The average Bonchev–Trinajstić information content (AvgIpc) is 2.34. The molecule has 0 aliphatic heterocycles. The Labute approximate surface area is 112 Å². The maximum absolute atomic E-state index is 12.0. The van der Waals surface area contributed by atoms with Crippen LogP contribution in [0.5, 0.6) is 0 Å². The Morgan fingerprint density at radius 3 is 2.17 bits per heavy atom. The number of hydrogen-bond acceptors (Lipinski definition) is 2. The molecule has 0 aromatic heterocycles. The Morgan fingerprint density at radius 1 is 1.11 bits per heavy atom. The minimum Gasteiger partial charge on any atom is -0.349 e. The van der Waals surface area contributed by atoms with E-state index in [0.717, 1.165) is 10.9 Å². The molecule has 0 aliphatic rings. The van der Waals surface area contributed by atoms with Gasteiger partial charge in [0.1, 0.15) is 0 Å². The number of benzene rings is 1. The highest BCUT2D eigenvalue weighted by Gasteiger charge is 2.05. The summed E-state index contributed by atoms with van der Waals surface area (Å²) in [5, 5.41) is 0. The molecule has 4 nitrogen and oxygen atoms in total. The Kier molecular flexibility index (Phi) is 5.85. The largest absolute Gasteiger partial charge is 0.349 e. The zero-order valence-corrected chi connectivity index (χ0v) is 12.3. The van der Waals surface area contributed by atoms with E-state index in [1.807, 2.05) is 68.3 Å². The van der Waals surface area contributed by atoms with Gasteiger partial charge < -0.3 is 9.80 Å². The van der Waals surface area contributed by atoms with E-state index < -0.39 is 10.8 Å². The third kappa shape index (κ3) is 4.49. The van der Waals surface area contributed by atoms with Gasteiger partial charge in [-0.2, -0.15) is 0 Å². The molecule has 0 aliphatic carbocycles. The van der Waals surface area contributed by atoms with Gasteiger partial charge >= 0.3 is 0 Å². The van der Waals surface area contributed by atoms with Crippen LogP contribution in [0.4, 0.5) is 0 Å². The molecule has 0 saturated carbocycles. The summed E-state index contributed by atoms with van der Waals surface area (Å²) in [6, 6.07) is 9.51. The molecule has 18 heavy (non-hydrogen) atoms. The zero-order valence-electron chi connectivity index (χ0n) is 11.5. The van der Waals surface area contributed by atoms with Crippen LogP contribution in [0.1, 0.15) is 0 Å². The molecule has 5 heteroatoms. The van der Waals surface area contributed by atoms with Crippen LogP contribution in [-0.4, -0.2) is 60.5 Å². The highest BCUT2D eigenvalue weighted by Crippen LogP contribution is 2.05. The molecule has 1 rings (SSSR count). The first-order valence-corrected chi connectivity index (χ1v) is 7.16. The summed E-state index contributed by atoms with van der Waals surface area (Å²) in [6.45, 7) is 0.563. The first kappa shape index (κ1) is 14.7. The molecule has 100 valence electrons. The summed E-state index contributed by atoms with van der Waals surface area (Å²) >= 11 is 0. The quantitative estimate of drug-likeness (QED) is 0.609. The number of hydrogen-bond donors (Lipinski definition) is 0. The lowest BCUT2D eigenvalue weighted by Crippen LogP contribution is -2.35. The van der Waals surface area contributed by atoms with Crippen molar-refractivity contribution in [1.82, 2.24) is 9.80 Å². The summed E-state index contributed by atoms with van der Waals surface area (Å²) in [7, 11) is 6.84. The SMILES string of the molecule is CN(C)C(=NCCS(=O)c1ccccc1)N(C)C. The van der Waals surface area contributed by atoms with Crippen LogP contribution in [0.2, 0.25) is 0 Å². The van der Waals surface area contributed by atoms with Crippen molar-refractivity contribution in [3.05, 3.63) is 30.3 Å². The predicted octanol–water partition coefficient (Wildman–Crippen LogP) is 1.27. The molecule has 0 spiro atoms. The maximum Gasteiger partial charge on any atom is 0.195 e. The molecule has 0 radical (unpaired) electrons. The Morgan fingerprint density at radius 2 is 1.67 bits per heavy atom. The van der Waals surface area contributed by atoms with Crippen molar-refractivity contribution in [2.45, 2.75) is 4.90 Å². The second kappa shape index (κ2) is 7.16. The highest BCUT2D eigenvalue weighted by atomic mass is 32.2. The zero-order chi connectivity index (χ0) is 13.5. The van der Waals surface area contributed by atoms with Crippen LogP contribution in [0.3, 0.4) is 0 Å². The van der Waals surface area contributed by atoms with Gasteiger partial charge in [0.15, 0.2) is 5.96 Å². The van der Waals surface area contributed by atoms with E-state index in [0.29, 0.717) is 12.3 Å². The van der Waals surface area contributed by atoms with Crippen molar-refractivity contribution in [3.8, 4) is 0 Å². The second-order valence-electron chi connectivity index (χ2n) is 4.33. The van der Waals surface area contributed by atoms with Gasteiger partial charge in [0.25, 0.3) is 0 Å². The van der Waals surface area contributed by atoms with Gasteiger partial charge in [-0.25, -0.2) is 0 Å². The van der Waals surface area contributed by atoms with E-state index in [-0.39, 0.29) is 0 Å². The van der Waals surface area contributed by atoms with Crippen LogP contribution in [0.25, 0.3) is 0 Å². The first-order chi connectivity index (χ1) is 8.52. The maximum atomic E-state index is 12.0. The van der Waals surface area contributed by atoms with E-state index >= 15 is 0 Å². The van der Waals surface area contributed by atoms with Gasteiger partial charge in [-0.15, -0.1) is 0 Å². The molecule has 1 aromatic carbocycles. The first-order valence-electron chi connectivity index (χ1n) is 5.85. The summed E-state index contributed by atoms with van der Waals surface area (Å²) < 4.78 is 12.0. The van der Waals surface area contributed by atoms with E-state index in [2.05, 4.69) is 4.99 Å². The molecular formula is C13H21N3OS. The summed E-state index contributed by atoms with van der Waals surface area (Å²) in [4.78, 5) is 9.23. The lowest BCUT2D eigenvalue weighted by Gasteiger charge is -2.22. The number of rotatable bonds is 4. The lowest BCUT2D eigenvalue weighted by atomic mass is 10.4. The number of nitrogens with zero attached hydrogens (tertiary/aromatic N) is 3. The van der Waals surface area contributed by atoms with Crippen molar-refractivity contribution in [3.63, 3.8) is 0 Å². The third-order valence-electron chi connectivity index (χ3n) is 2.34. The van der Waals surface area contributed by atoms with E-state index in [1.165, 1.54) is 0 Å². The molecule has 0 fully saturated rings. The van der Waals surface area contributed by atoms with Crippen LogP contribution < -0.4 is 0 Å². The fourth-order valence-corrected chi connectivity index (χ4v) is 2.56. The van der Waals surface area contributed by atoms with Gasteiger partial charge in [-0.3, -0.25) is 9.20 Å². The molecule has 1 unspecified atom stereocenters. The number of aliphatic imine (C=N–C) groups is 1. The topological polar surface area (TPSA) is 35.9 Å². The van der Waals surface area contributed by atoms with Gasteiger partial charge in [-0.05, 0) is 12.1 Å². The minimum absolute atomic E-state index is 0.551. The average molecular weight is 267 g/mol. The monoisotopic (exact) mass is 267 g/mol. The summed E-state index contributed by atoms with van der Waals surface area (Å²) in [5.41, 5.74) is 0. The third-order valence-corrected chi connectivity index (χ3v) is 3.69. The Balaban J connectivity index is 2.56. The molecule has 0 N–H and O–H groups in total. The molecule has 0 amide bonds.